The van der Waals surface area contributed by atoms with Gasteiger partial charge in [-0.25, -0.2) is 9.18 Å². The molecule has 0 fully saturated rings. The Balaban J connectivity index is 2.31. The highest BCUT2D eigenvalue weighted by Crippen LogP contribution is 2.31. The first-order valence-corrected chi connectivity index (χ1v) is 6.11. The topological polar surface area (TPSA) is 66.0 Å². The van der Waals surface area contributed by atoms with Gasteiger partial charge in [0.05, 0.1) is 16.1 Å². The minimum atomic E-state index is -1.05. The van der Waals surface area contributed by atoms with Crippen molar-refractivity contribution in [3.8, 4) is 11.3 Å². The van der Waals surface area contributed by atoms with E-state index in [-0.39, 0.29) is 10.6 Å². The third-order valence-electron chi connectivity index (χ3n) is 3.01. The lowest BCUT2D eigenvalue weighted by Crippen LogP contribution is -1.97. The van der Waals surface area contributed by atoms with Gasteiger partial charge in [0, 0.05) is 10.9 Å². The van der Waals surface area contributed by atoms with Crippen molar-refractivity contribution in [2.75, 3.05) is 0 Å². The van der Waals surface area contributed by atoms with E-state index in [9.17, 15) is 14.3 Å². The van der Waals surface area contributed by atoms with E-state index in [1.165, 1.54) is 24.3 Å². The molecule has 1 heterocycles. The minimum absolute atomic E-state index is 0.0357. The molecule has 4 nitrogen and oxygen atoms in total. The number of carboxylic acids is 1. The SMILES string of the molecule is O=C(O)c1cccc2[nH]nc(-c3ccc(F)c(Cl)c3)c12. The van der Waals surface area contributed by atoms with Crippen LogP contribution in [0.3, 0.4) is 0 Å². The lowest BCUT2D eigenvalue weighted by molar-refractivity contribution is 0.0699. The molecule has 0 aliphatic rings. The van der Waals surface area contributed by atoms with Gasteiger partial charge >= 0.3 is 5.97 Å². The van der Waals surface area contributed by atoms with Crippen LogP contribution in [0.2, 0.25) is 5.02 Å². The van der Waals surface area contributed by atoms with Crippen LogP contribution in [0.4, 0.5) is 4.39 Å². The van der Waals surface area contributed by atoms with Gasteiger partial charge < -0.3 is 5.11 Å². The number of fused-ring (bicyclic) bond motifs is 1. The number of hydrogen-bond donors (Lipinski definition) is 2. The Morgan fingerprint density at radius 3 is 2.80 bits per heavy atom. The van der Waals surface area contributed by atoms with Gasteiger partial charge in [0.25, 0.3) is 0 Å². The third-order valence-corrected chi connectivity index (χ3v) is 3.30. The fourth-order valence-electron chi connectivity index (χ4n) is 2.10. The summed E-state index contributed by atoms with van der Waals surface area (Å²) in [5, 5.41) is 16.6. The van der Waals surface area contributed by atoms with Crippen LogP contribution in [0.15, 0.2) is 36.4 Å². The molecule has 0 atom stereocenters. The van der Waals surface area contributed by atoms with E-state index in [0.29, 0.717) is 22.2 Å². The zero-order valence-electron chi connectivity index (χ0n) is 10.0. The van der Waals surface area contributed by atoms with E-state index in [4.69, 9.17) is 11.6 Å². The maximum Gasteiger partial charge on any atom is 0.336 e. The number of hydrogen-bond acceptors (Lipinski definition) is 2. The Morgan fingerprint density at radius 2 is 2.10 bits per heavy atom. The van der Waals surface area contributed by atoms with E-state index >= 15 is 0 Å². The van der Waals surface area contributed by atoms with Crippen molar-refractivity contribution in [3.05, 3.63) is 52.8 Å². The molecule has 0 radical (unpaired) electrons. The van der Waals surface area contributed by atoms with Gasteiger partial charge in [-0.1, -0.05) is 17.7 Å². The fourth-order valence-corrected chi connectivity index (χ4v) is 2.28. The molecule has 0 amide bonds. The quantitative estimate of drug-likeness (QED) is 0.756. The van der Waals surface area contributed by atoms with Crippen LogP contribution in [0, 0.1) is 5.82 Å². The predicted octanol–water partition coefficient (Wildman–Crippen LogP) is 3.72. The molecule has 2 N–H and O–H groups in total. The summed E-state index contributed by atoms with van der Waals surface area (Å²) in [5.41, 5.74) is 1.71. The highest BCUT2D eigenvalue weighted by molar-refractivity contribution is 6.31. The van der Waals surface area contributed by atoms with Crippen molar-refractivity contribution in [1.29, 1.82) is 0 Å². The largest absolute Gasteiger partial charge is 0.478 e. The smallest absolute Gasteiger partial charge is 0.336 e. The summed E-state index contributed by atoms with van der Waals surface area (Å²) >= 11 is 5.75. The second-order valence-electron chi connectivity index (χ2n) is 4.23. The first-order valence-electron chi connectivity index (χ1n) is 5.73. The molecule has 100 valence electrons. The number of nitrogens with zero attached hydrogens (tertiary/aromatic N) is 1. The second kappa shape index (κ2) is 4.61. The number of halogens is 2. The molecule has 2 aromatic carbocycles. The number of H-pyrrole nitrogens is 1. The minimum Gasteiger partial charge on any atom is -0.478 e. The number of carbonyl (C=O) groups is 1. The van der Waals surface area contributed by atoms with Crippen molar-refractivity contribution in [2.45, 2.75) is 0 Å². The molecule has 0 unspecified atom stereocenters. The average Bonchev–Trinajstić information content (AvgIpc) is 2.85. The van der Waals surface area contributed by atoms with E-state index in [1.807, 2.05) is 0 Å². The number of rotatable bonds is 2. The van der Waals surface area contributed by atoms with Crippen LogP contribution in [-0.2, 0) is 0 Å². The predicted molar refractivity (Wildman–Crippen MR) is 73.5 cm³/mol. The van der Waals surface area contributed by atoms with E-state index in [1.54, 1.807) is 12.1 Å². The van der Waals surface area contributed by atoms with Crippen molar-refractivity contribution < 1.29 is 14.3 Å². The van der Waals surface area contributed by atoms with Crippen molar-refractivity contribution >= 4 is 28.5 Å². The lowest BCUT2D eigenvalue weighted by Gasteiger charge is -2.02. The van der Waals surface area contributed by atoms with Crippen molar-refractivity contribution in [2.24, 2.45) is 0 Å². The molecule has 3 aromatic rings. The van der Waals surface area contributed by atoms with Gasteiger partial charge in [0.2, 0.25) is 0 Å². The highest BCUT2D eigenvalue weighted by atomic mass is 35.5. The Labute approximate surface area is 117 Å². The van der Waals surface area contributed by atoms with Crippen LogP contribution in [0.5, 0.6) is 0 Å². The summed E-state index contributed by atoms with van der Waals surface area (Å²) < 4.78 is 13.2. The molecule has 6 heteroatoms. The monoisotopic (exact) mass is 290 g/mol. The van der Waals surface area contributed by atoms with E-state index < -0.39 is 11.8 Å². The summed E-state index contributed by atoms with van der Waals surface area (Å²) in [5.74, 6) is -1.58. The molecule has 0 saturated heterocycles. The molecule has 0 saturated carbocycles. The second-order valence-corrected chi connectivity index (χ2v) is 4.64. The Hall–Kier alpha value is -2.40. The number of aromatic nitrogens is 2. The summed E-state index contributed by atoms with van der Waals surface area (Å²) in [6.07, 6.45) is 0. The van der Waals surface area contributed by atoms with Crippen LogP contribution >= 0.6 is 11.6 Å². The van der Waals surface area contributed by atoms with Crippen LogP contribution in [0.1, 0.15) is 10.4 Å². The van der Waals surface area contributed by atoms with Gasteiger partial charge in [0.1, 0.15) is 11.5 Å². The van der Waals surface area contributed by atoms with Gasteiger partial charge in [-0.15, -0.1) is 0 Å². The number of benzene rings is 2. The molecule has 0 aliphatic heterocycles. The standard InChI is InChI=1S/C14H8ClFN2O2/c15-9-6-7(4-5-10(9)16)13-12-8(14(19)20)2-1-3-11(12)17-18-13/h1-6H,(H,17,18)(H,19,20). The Morgan fingerprint density at radius 1 is 1.30 bits per heavy atom. The first-order chi connectivity index (χ1) is 9.58. The number of aromatic carboxylic acids is 1. The zero-order chi connectivity index (χ0) is 14.3. The van der Waals surface area contributed by atoms with Crippen LogP contribution < -0.4 is 0 Å². The van der Waals surface area contributed by atoms with Gasteiger partial charge in [0.15, 0.2) is 0 Å². The van der Waals surface area contributed by atoms with E-state index in [0.717, 1.165) is 0 Å². The van der Waals surface area contributed by atoms with Gasteiger partial charge in [-0.2, -0.15) is 5.10 Å². The van der Waals surface area contributed by atoms with Crippen molar-refractivity contribution in [3.63, 3.8) is 0 Å². The van der Waals surface area contributed by atoms with Crippen LogP contribution in [0.25, 0.3) is 22.2 Å². The summed E-state index contributed by atoms with van der Waals surface area (Å²) in [7, 11) is 0. The van der Waals surface area contributed by atoms with Crippen LogP contribution in [-0.4, -0.2) is 21.3 Å². The Bertz CT molecular complexity index is 829. The van der Waals surface area contributed by atoms with E-state index in [2.05, 4.69) is 10.2 Å². The van der Waals surface area contributed by atoms with Crippen molar-refractivity contribution in [1.82, 2.24) is 10.2 Å². The average molecular weight is 291 g/mol. The van der Waals surface area contributed by atoms with Gasteiger partial charge in [-0.3, -0.25) is 5.10 Å². The molecule has 3 rings (SSSR count). The number of nitrogens with one attached hydrogen (secondary N) is 1. The molecule has 1 aromatic heterocycles. The summed E-state index contributed by atoms with van der Waals surface area (Å²) in [6.45, 7) is 0. The number of aromatic amines is 1. The maximum absolute atomic E-state index is 13.2. The summed E-state index contributed by atoms with van der Waals surface area (Å²) in [6, 6.07) is 9.01. The third kappa shape index (κ3) is 1.92. The fraction of sp³-hybridized carbons (Fsp3) is 0. The van der Waals surface area contributed by atoms with Gasteiger partial charge in [-0.05, 0) is 30.3 Å². The lowest BCUT2D eigenvalue weighted by atomic mass is 10.0. The molecular weight excluding hydrogens is 283 g/mol. The first kappa shape index (κ1) is 12.6. The highest BCUT2D eigenvalue weighted by Gasteiger charge is 2.16. The zero-order valence-corrected chi connectivity index (χ0v) is 10.8. The normalized spacial score (nSPS) is 10.9. The molecule has 0 bridgehead atoms. The maximum atomic E-state index is 13.2. The molecular formula is C14H8ClFN2O2. The summed E-state index contributed by atoms with van der Waals surface area (Å²) in [4.78, 5) is 11.3. The molecule has 20 heavy (non-hydrogen) atoms. The molecule has 0 spiro atoms. The number of carboxylic acid groups (broad SMARTS) is 1. The molecule has 0 aliphatic carbocycles. The Kier molecular flexibility index (Phi) is 2.91.